The van der Waals surface area contributed by atoms with Crippen LogP contribution < -0.4 is 5.56 Å². The van der Waals surface area contributed by atoms with Gasteiger partial charge in [-0.05, 0) is 49.6 Å². The topological polar surface area (TPSA) is 52.0 Å². The maximum absolute atomic E-state index is 14.2. The van der Waals surface area contributed by atoms with Gasteiger partial charge in [-0.25, -0.2) is 9.37 Å². The Bertz CT molecular complexity index is 1110. The van der Waals surface area contributed by atoms with Gasteiger partial charge in [0.2, 0.25) is 0 Å². The van der Waals surface area contributed by atoms with Gasteiger partial charge in [0.25, 0.3) is 5.56 Å². The van der Waals surface area contributed by atoms with Crippen molar-refractivity contribution < 1.29 is 9.18 Å². The van der Waals surface area contributed by atoms with Crippen molar-refractivity contribution in [3.8, 4) is 5.69 Å². The predicted octanol–water partition coefficient (Wildman–Crippen LogP) is 4.83. The zero-order valence-electron chi connectivity index (χ0n) is 15.7. The van der Waals surface area contributed by atoms with Crippen LogP contribution in [0.4, 0.5) is 4.39 Å². The number of aryl methyl sites for hydroxylation is 1. The molecule has 0 spiro atoms. The molecule has 0 aliphatic heterocycles. The molecule has 28 heavy (non-hydrogen) atoms. The first-order valence-electron chi connectivity index (χ1n) is 9.52. The Balaban J connectivity index is 1.89. The number of para-hydroxylation sites is 1. The molecule has 1 saturated carbocycles. The van der Waals surface area contributed by atoms with E-state index in [4.69, 9.17) is 0 Å². The molecule has 1 fully saturated rings. The van der Waals surface area contributed by atoms with Crippen LogP contribution in [-0.4, -0.2) is 20.6 Å². The van der Waals surface area contributed by atoms with E-state index < -0.39 is 0 Å². The molecule has 0 amide bonds. The Labute approximate surface area is 166 Å². The van der Waals surface area contributed by atoms with E-state index in [2.05, 4.69) is 4.98 Å². The van der Waals surface area contributed by atoms with Crippen LogP contribution in [-0.2, 0) is 4.79 Å². The summed E-state index contributed by atoms with van der Waals surface area (Å²) in [5, 5.41) is 0.685. The van der Waals surface area contributed by atoms with E-state index in [0.29, 0.717) is 33.7 Å². The number of hydrogen-bond donors (Lipinski definition) is 0. The van der Waals surface area contributed by atoms with E-state index in [1.807, 2.05) is 6.07 Å². The molecule has 4 nitrogen and oxygen atoms in total. The predicted molar refractivity (Wildman–Crippen MR) is 110 cm³/mol. The van der Waals surface area contributed by atoms with Crippen molar-refractivity contribution in [3.63, 3.8) is 0 Å². The molecule has 0 radical (unpaired) electrons. The third-order valence-electron chi connectivity index (χ3n) is 5.15. The van der Waals surface area contributed by atoms with E-state index in [1.54, 1.807) is 37.3 Å². The molecule has 3 aromatic rings. The minimum Gasteiger partial charge on any atom is -0.298 e. The average Bonchev–Trinajstić information content (AvgIpc) is 2.89. The lowest BCUT2D eigenvalue weighted by Crippen LogP contribution is -2.24. The lowest BCUT2D eigenvalue weighted by molar-refractivity contribution is -0.118. The second-order valence-corrected chi connectivity index (χ2v) is 8.33. The first-order chi connectivity index (χ1) is 13.5. The molecule has 0 saturated heterocycles. The highest BCUT2D eigenvalue weighted by Crippen LogP contribution is 2.31. The summed E-state index contributed by atoms with van der Waals surface area (Å²) in [4.78, 5) is 30.4. The molecule has 6 heteroatoms. The summed E-state index contributed by atoms with van der Waals surface area (Å²) in [6.07, 6.45) is 4.28. The summed E-state index contributed by atoms with van der Waals surface area (Å²) in [6, 6.07) is 11.8. The van der Waals surface area contributed by atoms with Crippen LogP contribution >= 0.6 is 11.8 Å². The Morgan fingerprint density at radius 1 is 1.11 bits per heavy atom. The zero-order chi connectivity index (χ0) is 19.7. The Hall–Kier alpha value is -2.47. The standard InChI is InChI=1S/C22H21FN2O2S/c1-14-11-12-15(13-17(14)23)25-21(27)16-7-5-6-8-18(16)24-22(25)28-20-10-4-2-3-9-19(20)26/h5-8,11-13,20H,2-4,9-10H2,1H3. The number of rotatable bonds is 3. The number of hydrogen-bond acceptors (Lipinski definition) is 4. The van der Waals surface area contributed by atoms with Crippen molar-refractivity contribution in [2.24, 2.45) is 0 Å². The van der Waals surface area contributed by atoms with E-state index >= 15 is 0 Å². The van der Waals surface area contributed by atoms with E-state index in [0.717, 1.165) is 25.7 Å². The largest absolute Gasteiger partial charge is 0.298 e. The maximum Gasteiger partial charge on any atom is 0.266 e. The fourth-order valence-electron chi connectivity index (χ4n) is 3.52. The van der Waals surface area contributed by atoms with Crippen LogP contribution in [0.15, 0.2) is 52.4 Å². The highest BCUT2D eigenvalue weighted by Gasteiger charge is 2.25. The van der Waals surface area contributed by atoms with Gasteiger partial charge in [-0.3, -0.25) is 14.2 Å². The van der Waals surface area contributed by atoms with E-state index in [1.165, 1.54) is 22.4 Å². The van der Waals surface area contributed by atoms with Crippen LogP contribution in [0.25, 0.3) is 16.6 Å². The summed E-state index contributed by atoms with van der Waals surface area (Å²) in [5.41, 5.74) is 1.27. The van der Waals surface area contributed by atoms with Crippen LogP contribution in [0.2, 0.25) is 0 Å². The van der Waals surface area contributed by atoms with Crippen molar-refractivity contribution in [2.75, 3.05) is 0 Å². The Kier molecular flexibility index (Phi) is 5.31. The van der Waals surface area contributed by atoms with Gasteiger partial charge >= 0.3 is 0 Å². The van der Waals surface area contributed by atoms with E-state index in [-0.39, 0.29) is 22.4 Å². The van der Waals surface area contributed by atoms with Crippen LogP contribution in [0.1, 0.15) is 37.7 Å². The number of Topliss-reactive ketones (excluding diaryl/α,β-unsaturated/α-hetero) is 1. The van der Waals surface area contributed by atoms with Gasteiger partial charge in [0.15, 0.2) is 5.16 Å². The number of benzene rings is 2. The van der Waals surface area contributed by atoms with Gasteiger partial charge in [-0.15, -0.1) is 0 Å². The third kappa shape index (κ3) is 3.61. The number of aromatic nitrogens is 2. The smallest absolute Gasteiger partial charge is 0.266 e. The number of halogens is 1. The SMILES string of the molecule is Cc1ccc(-n2c(SC3CCCCCC3=O)nc3ccccc3c2=O)cc1F. The van der Waals surface area contributed by atoms with Crippen LogP contribution in [0, 0.1) is 12.7 Å². The number of ketones is 1. The van der Waals surface area contributed by atoms with Crippen LogP contribution in [0.3, 0.4) is 0 Å². The second kappa shape index (κ2) is 7.87. The van der Waals surface area contributed by atoms with Gasteiger partial charge in [0, 0.05) is 6.42 Å². The molecule has 4 rings (SSSR count). The van der Waals surface area contributed by atoms with Gasteiger partial charge in [-0.1, -0.05) is 42.8 Å². The number of carbonyl (C=O) groups is 1. The highest BCUT2D eigenvalue weighted by molar-refractivity contribution is 8.00. The third-order valence-corrected chi connectivity index (χ3v) is 6.42. The number of carbonyl (C=O) groups excluding carboxylic acids is 1. The Morgan fingerprint density at radius 3 is 2.75 bits per heavy atom. The second-order valence-electron chi connectivity index (χ2n) is 7.16. The molecule has 2 aromatic carbocycles. The number of thioether (sulfide) groups is 1. The summed E-state index contributed by atoms with van der Waals surface area (Å²) in [6.45, 7) is 1.68. The minimum atomic E-state index is -0.376. The summed E-state index contributed by atoms with van der Waals surface area (Å²) < 4.78 is 15.7. The van der Waals surface area contributed by atoms with Gasteiger partial charge in [0.05, 0.1) is 21.8 Å². The quantitative estimate of drug-likeness (QED) is 0.470. The first-order valence-corrected chi connectivity index (χ1v) is 10.4. The van der Waals surface area contributed by atoms with Crippen molar-refractivity contribution in [2.45, 2.75) is 49.4 Å². The zero-order valence-corrected chi connectivity index (χ0v) is 16.5. The summed E-state index contributed by atoms with van der Waals surface area (Å²) >= 11 is 1.33. The molecule has 1 aliphatic carbocycles. The molecule has 144 valence electrons. The number of fused-ring (bicyclic) bond motifs is 1. The van der Waals surface area contributed by atoms with Gasteiger partial charge < -0.3 is 0 Å². The van der Waals surface area contributed by atoms with Crippen molar-refractivity contribution in [1.29, 1.82) is 0 Å². The first kappa shape index (κ1) is 18.9. The fourth-order valence-corrected chi connectivity index (χ4v) is 4.75. The summed E-state index contributed by atoms with van der Waals surface area (Å²) in [7, 11) is 0. The lowest BCUT2D eigenvalue weighted by atomic mass is 10.2. The molecule has 1 aliphatic rings. The molecule has 1 aromatic heterocycles. The van der Waals surface area contributed by atoms with Gasteiger partial charge in [-0.2, -0.15) is 0 Å². The van der Waals surface area contributed by atoms with Crippen LogP contribution in [0.5, 0.6) is 0 Å². The number of nitrogens with zero attached hydrogens (tertiary/aromatic N) is 2. The normalized spacial score (nSPS) is 17.6. The summed E-state index contributed by atoms with van der Waals surface area (Å²) in [5.74, 6) is -0.175. The molecule has 1 atom stereocenters. The Morgan fingerprint density at radius 2 is 1.93 bits per heavy atom. The van der Waals surface area contributed by atoms with E-state index in [9.17, 15) is 14.0 Å². The highest BCUT2D eigenvalue weighted by atomic mass is 32.2. The van der Waals surface area contributed by atoms with Crippen molar-refractivity contribution >= 4 is 28.4 Å². The van der Waals surface area contributed by atoms with Crippen molar-refractivity contribution in [1.82, 2.24) is 9.55 Å². The van der Waals surface area contributed by atoms with Gasteiger partial charge in [0.1, 0.15) is 11.6 Å². The molecular weight excluding hydrogens is 375 g/mol. The van der Waals surface area contributed by atoms with Crippen molar-refractivity contribution in [3.05, 3.63) is 64.2 Å². The average molecular weight is 396 g/mol. The molecule has 0 bridgehead atoms. The lowest BCUT2D eigenvalue weighted by Gasteiger charge is -2.17. The molecular formula is C22H21FN2O2S. The molecule has 1 unspecified atom stereocenters. The molecule has 1 heterocycles. The monoisotopic (exact) mass is 396 g/mol. The fraction of sp³-hybridized carbons (Fsp3) is 0.318. The molecule has 0 N–H and O–H groups in total. The maximum atomic E-state index is 14.2. The minimum absolute atomic E-state index is 0.201.